The Morgan fingerprint density at radius 3 is 2.25 bits per heavy atom. The van der Waals surface area contributed by atoms with Gasteiger partial charge in [0.05, 0.1) is 29.4 Å². The molecule has 0 aliphatic carbocycles. The van der Waals surface area contributed by atoms with Gasteiger partial charge in [0.25, 0.3) is 0 Å². The van der Waals surface area contributed by atoms with Crippen molar-refractivity contribution in [3.05, 3.63) is 76.6 Å². The van der Waals surface area contributed by atoms with Crippen LogP contribution in [0.4, 0.5) is 26.3 Å². The minimum absolute atomic E-state index is 0.0378. The van der Waals surface area contributed by atoms with Crippen LogP contribution < -0.4 is 5.32 Å². The summed E-state index contributed by atoms with van der Waals surface area (Å²) < 4.78 is 87.6. The quantitative estimate of drug-likeness (QED) is 0.491. The smallest absolute Gasteiger partial charge is 0.371 e. The zero-order chi connectivity index (χ0) is 25.7. The molecule has 0 radical (unpaired) electrons. The number of halogens is 6. The van der Waals surface area contributed by atoms with E-state index in [0.717, 1.165) is 5.56 Å². The number of aromatic nitrogens is 4. The van der Waals surface area contributed by atoms with Crippen LogP contribution in [0.5, 0.6) is 0 Å². The molecule has 0 unspecified atom stereocenters. The normalized spacial score (nSPS) is 26.4. The van der Waals surface area contributed by atoms with E-state index < -0.39 is 41.7 Å². The number of alkyl halides is 6. The zero-order valence-electron chi connectivity index (χ0n) is 19.1. The fourth-order valence-corrected chi connectivity index (χ4v) is 5.52. The van der Waals surface area contributed by atoms with Gasteiger partial charge in [-0.25, -0.2) is 4.68 Å². The summed E-state index contributed by atoms with van der Waals surface area (Å²) in [5.74, 6) is 0.669. The first-order valence-electron chi connectivity index (χ1n) is 11.4. The average molecular weight is 511 g/mol. The van der Waals surface area contributed by atoms with E-state index in [-0.39, 0.29) is 23.6 Å². The minimum Gasteiger partial charge on any atom is -0.371 e. The highest BCUT2D eigenvalue weighted by Crippen LogP contribution is 2.50. The van der Waals surface area contributed by atoms with E-state index in [9.17, 15) is 26.3 Å². The lowest BCUT2D eigenvalue weighted by molar-refractivity contribution is -0.143. The first-order valence-corrected chi connectivity index (χ1v) is 11.4. The van der Waals surface area contributed by atoms with Gasteiger partial charge >= 0.3 is 12.4 Å². The number of piperidine rings is 1. The Morgan fingerprint density at radius 2 is 1.67 bits per heavy atom. The van der Waals surface area contributed by atoms with Gasteiger partial charge in [-0.2, -0.15) is 26.3 Å². The highest BCUT2D eigenvalue weighted by molar-refractivity contribution is 5.35. The fourth-order valence-electron chi connectivity index (χ4n) is 5.52. The molecular formula is C24H23F6N5O. The summed E-state index contributed by atoms with van der Waals surface area (Å²) >= 11 is 0. The first-order chi connectivity index (χ1) is 17.0. The van der Waals surface area contributed by atoms with Gasteiger partial charge in [-0.3, -0.25) is 0 Å². The molecule has 3 heterocycles. The molecule has 3 aromatic rings. The molecule has 1 aromatic heterocycles. The monoisotopic (exact) mass is 511 g/mol. The van der Waals surface area contributed by atoms with E-state index in [0.29, 0.717) is 37.2 Å². The average Bonchev–Trinajstić information content (AvgIpc) is 3.39. The van der Waals surface area contributed by atoms with E-state index >= 15 is 0 Å². The highest BCUT2D eigenvalue weighted by atomic mass is 19.4. The molecule has 5 rings (SSSR count). The second-order valence-electron chi connectivity index (χ2n) is 9.35. The number of ether oxygens (including phenoxy) is 1. The maximum atomic E-state index is 13.3. The molecule has 4 atom stereocenters. The molecule has 2 saturated heterocycles. The summed E-state index contributed by atoms with van der Waals surface area (Å²) in [6, 6.07) is 11.1. The number of fused-ring (bicyclic) bond motifs is 2. The second-order valence-corrected chi connectivity index (χ2v) is 9.35. The Morgan fingerprint density at radius 1 is 1.00 bits per heavy atom. The molecule has 2 aliphatic heterocycles. The molecule has 2 aliphatic rings. The maximum Gasteiger partial charge on any atom is 0.416 e. The molecule has 6 nitrogen and oxygen atoms in total. The van der Waals surface area contributed by atoms with Crippen LogP contribution in [0.15, 0.2) is 48.5 Å². The molecule has 1 N–H and O–H groups in total. The van der Waals surface area contributed by atoms with Crippen molar-refractivity contribution in [3.63, 3.8) is 0 Å². The Balaban J connectivity index is 1.46. The molecule has 192 valence electrons. The van der Waals surface area contributed by atoms with Gasteiger partial charge in [-0.1, -0.05) is 30.3 Å². The zero-order valence-corrected chi connectivity index (χ0v) is 19.1. The lowest BCUT2D eigenvalue weighted by Crippen LogP contribution is -2.54. The first kappa shape index (κ1) is 24.7. The molecule has 36 heavy (non-hydrogen) atoms. The van der Waals surface area contributed by atoms with Crippen molar-refractivity contribution >= 4 is 0 Å². The van der Waals surface area contributed by atoms with Crippen LogP contribution in [0.2, 0.25) is 0 Å². The van der Waals surface area contributed by atoms with Crippen LogP contribution in [0.1, 0.15) is 53.3 Å². The SMILES string of the molecule is Cn1nnnc1[C@@H]1C[C@]2(c3ccccc3)N[C@H]1CC[C@H]2OCc1cc(C(F)(F)F)cc(C(F)(F)F)c1. The standard InChI is InChI=1S/C24H23F6N5O/c1-35-21(32-33-34-35)18-12-22(15-5-3-2-4-6-15)20(8-7-19(18)31-22)36-13-14-9-16(23(25,26)27)11-17(10-14)24(28,29)30/h2-6,9-11,18-20,31H,7-8,12-13H2,1H3/t18-,19+,20-,22-/m1/s1. The summed E-state index contributed by atoms with van der Waals surface area (Å²) in [4.78, 5) is 0. The van der Waals surface area contributed by atoms with Crippen LogP contribution in [-0.2, 0) is 36.3 Å². The van der Waals surface area contributed by atoms with Crippen LogP contribution in [-0.4, -0.2) is 32.4 Å². The van der Waals surface area contributed by atoms with Gasteiger partial charge in [0.15, 0.2) is 5.82 Å². The number of hydrogen-bond acceptors (Lipinski definition) is 5. The number of hydrogen-bond donors (Lipinski definition) is 1. The van der Waals surface area contributed by atoms with Gasteiger partial charge in [0.2, 0.25) is 0 Å². The number of nitrogens with one attached hydrogen (secondary N) is 1. The molecule has 2 bridgehead atoms. The van der Waals surface area contributed by atoms with Crippen LogP contribution in [0.25, 0.3) is 0 Å². The lowest BCUT2D eigenvalue weighted by atomic mass is 9.80. The summed E-state index contributed by atoms with van der Waals surface area (Å²) in [6.07, 6.45) is -8.50. The van der Waals surface area contributed by atoms with E-state index in [1.165, 1.54) is 0 Å². The maximum absolute atomic E-state index is 13.3. The van der Waals surface area contributed by atoms with Crippen LogP contribution in [0.3, 0.4) is 0 Å². The molecule has 0 saturated carbocycles. The van der Waals surface area contributed by atoms with Crippen LogP contribution >= 0.6 is 0 Å². The molecule has 12 heteroatoms. The van der Waals surface area contributed by atoms with Gasteiger partial charge in [0.1, 0.15) is 0 Å². The third-order valence-electron chi connectivity index (χ3n) is 7.13. The Labute approximate surface area is 202 Å². The van der Waals surface area contributed by atoms with Crippen molar-refractivity contribution < 1.29 is 31.1 Å². The molecule has 0 amide bonds. The molecule has 2 aromatic carbocycles. The van der Waals surface area contributed by atoms with Crippen molar-refractivity contribution in [1.82, 2.24) is 25.5 Å². The number of benzene rings is 2. The van der Waals surface area contributed by atoms with Crippen molar-refractivity contribution in [3.8, 4) is 0 Å². The summed E-state index contributed by atoms with van der Waals surface area (Å²) in [5, 5.41) is 15.5. The van der Waals surface area contributed by atoms with Crippen molar-refractivity contribution in [2.45, 2.75) is 61.8 Å². The fraction of sp³-hybridized carbons (Fsp3) is 0.458. The second kappa shape index (κ2) is 8.84. The predicted molar refractivity (Wildman–Crippen MR) is 115 cm³/mol. The molecule has 2 fully saturated rings. The summed E-state index contributed by atoms with van der Waals surface area (Å²) in [5.41, 5.74) is -2.67. The Hall–Kier alpha value is -2.99. The molecule has 0 spiro atoms. The Kier molecular flexibility index (Phi) is 6.06. The van der Waals surface area contributed by atoms with Crippen molar-refractivity contribution in [2.75, 3.05) is 0 Å². The largest absolute Gasteiger partial charge is 0.416 e. The van der Waals surface area contributed by atoms with Gasteiger partial charge in [-0.15, -0.1) is 5.10 Å². The lowest BCUT2D eigenvalue weighted by Gasteiger charge is -2.42. The Bertz CT molecular complexity index is 1200. The third-order valence-corrected chi connectivity index (χ3v) is 7.13. The number of nitrogens with zero attached hydrogens (tertiary/aromatic N) is 4. The summed E-state index contributed by atoms with van der Waals surface area (Å²) in [7, 11) is 1.76. The topological polar surface area (TPSA) is 64.9 Å². The van der Waals surface area contributed by atoms with Gasteiger partial charge in [-0.05, 0) is 59.0 Å². The van der Waals surface area contributed by atoms with E-state index in [2.05, 4.69) is 20.8 Å². The number of rotatable bonds is 5. The molecular weight excluding hydrogens is 488 g/mol. The van der Waals surface area contributed by atoms with Gasteiger partial charge in [0, 0.05) is 19.0 Å². The number of tetrazole rings is 1. The minimum atomic E-state index is -4.91. The predicted octanol–water partition coefficient (Wildman–Crippen LogP) is 4.97. The van der Waals surface area contributed by atoms with Gasteiger partial charge < -0.3 is 10.1 Å². The van der Waals surface area contributed by atoms with Crippen molar-refractivity contribution in [1.29, 1.82) is 0 Å². The van der Waals surface area contributed by atoms with Crippen LogP contribution in [0, 0.1) is 0 Å². The third kappa shape index (κ3) is 4.47. The van der Waals surface area contributed by atoms with E-state index in [4.69, 9.17) is 4.74 Å². The van der Waals surface area contributed by atoms with Crippen molar-refractivity contribution in [2.24, 2.45) is 7.05 Å². The number of aryl methyl sites for hydroxylation is 1. The highest BCUT2D eigenvalue weighted by Gasteiger charge is 2.55. The van der Waals surface area contributed by atoms with E-state index in [1.807, 2.05) is 30.3 Å². The summed E-state index contributed by atoms with van der Waals surface area (Å²) in [6.45, 7) is -0.394. The van der Waals surface area contributed by atoms with E-state index in [1.54, 1.807) is 11.7 Å².